The number of aromatic nitrogens is 1. The number of fused-ring (bicyclic) bond motifs is 1. The number of nitrogens with one attached hydrogen (secondary N) is 1. The smallest absolute Gasteiger partial charge is 0.277 e. The van der Waals surface area contributed by atoms with E-state index in [1.165, 1.54) is 18.4 Å². The van der Waals surface area contributed by atoms with Gasteiger partial charge in [-0.2, -0.15) is 0 Å². The Balaban J connectivity index is 1.18. The fraction of sp³-hybridized carbons (Fsp3) is 0.467. The van der Waals surface area contributed by atoms with Crippen molar-refractivity contribution < 1.29 is 19.7 Å². The molecule has 3 aliphatic carbocycles. The van der Waals surface area contributed by atoms with Crippen LogP contribution in [0.5, 0.6) is 11.5 Å². The predicted molar refractivity (Wildman–Crippen MR) is 139 cm³/mol. The average molecular weight is 498 g/mol. The molecule has 2 saturated carbocycles. The number of likely N-dealkylation sites (tertiary alicyclic amines) is 1. The maximum absolute atomic E-state index is 13.2. The number of carbonyl (C=O) groups is 1. The number of nitrogens with zero attached hydrogens (tertiary/aromatic N) is 2. The first-order chi connectivity index (χ1) is 18.0. The molecule has 3 N–H and O–H groups in total. The lowest BCUT2D eigenvalue weighted by atomic mass is 9.47. The minimum Gasteiger partial charge on any atom is -0.504 e. The minimum absolute atomic E-state index is 0.0432. The molecule has 2 aliphatic heterocycles. The molecule has 0 radical (unpaired) electrons. The van der Waals surface area contributed by atoms with Crippen molar-refractivity contribution in [2.75, 3.05) is 13.1 Å². The fourth-order valence-corrected chi connectivity index (χ4v) is 8.18. The molecule has 2 aromatic carbocycles. The first-order valence-electron chi connectivity index (χ1n) is 13.6. The van der Waals surface area contributed by atoms with Gasteiger partial charge in [-0.1, -0.05) is 12.1 Å². The van der Waals surface area contributed by atoms with Crippen molar-refractivity contribution >= 4 is 23.0 Å². The molecule has 1 saturated heterocycles. The number of hydrogen-bond acceptors (Lipinski definition) is 5. The maximum atomic E-state index is 13.2. The summed E-state index contributed by atoms with van der Waals surface area (Å²) < 4.78 is 6.58. The van der Waals surface area contributed by atoms with Crippen molar-refractivity contribution in [2.45, 2.75) is 61.7 Å². The van der Waals surface area contributed by atoms with Crippen molar-refractivity contribution in [3.05, 3.63) is 59.3 Å². The van der Waals surface area contributed by atoms with Crippen molar-refractivity contribution in [1.29, 1.82) is 0 Å². The number of carbonyl (C=O) groups excluding carboxylic acids is 1. The Morgan fingerprint density at radius 1 is 1.19 bits per heavy atom. The van der Waals surface area contributed by atoms with Gasteiger partial charge in [0.2, 0.25) is 0 Å². The van der Waals surface area contributed by atoms with Crippen LogP contribution in [0.25, 0.3) is 10.9 Å². The van der Waals surface area contributed by atoms with E-state index in [0.29, 0.717) is 24.2 Å². The molecule has 2 bridgehead atoms. The quantitative estimate of drug-likeness (QED) is 0.474. The summed E-state index contributed by atoms with van der Waals surface area (Å²) in [5.41, 5.74) is 2.13. The number of H-pyrrole nitrogens is 1. The van der Waals surface area contributed by atoms with Gasteiger partial charge in [0.1, 0.15) is 6.10 Å². The van der Waals surface area contributed by atoms with Gasteiger partial charge in [0, 0.05) is 47.4 Å². The van der Waals surface area contributed by atoms with Gasteiger partial charge < -0.3 is 19.9 Å². The van der Waals surface area contributed by atoms with Gasteiger partial charge in [0.25, 0.3) is 5.91 Å². The molecule has 5 atom stereocenters. The largest absolute Gasteiger partial charge is 0.504 e. The first kappa shape index (κ1) is 21.9. The van der Waals surface area contributed by atoms with E-state index in [1.54, 1.807) is 12.3 Å². The number of phenols is 1. The highest BCUT2D eigenvalue weighted by Crippen LogP contribution is 2.66. The molecule has 1 amide bonds. The Morgan fingerprint density at radius 3 is 2.95 bits per heavy atom. The Hall–Kier alpha value is -3.16. The van der Waals surface area contributed by atoms with Gasteiger partial charge in [-0.3, -0.25) is 9.69 Å². The van der Waals surface area contributed by atoms with E-state index in [9.17, 15) is 15.0 Å². The molecule has 3 fully saturated rings. The summed E-state index contributed by atoms with van der Waals surface area (Å²) >= 11 is 0. The number of aromatic amines is 1. The number of aliphatic imine (C=N–C) groups is 1. The van der Waals surface area contributed by atoms with Crippen LogP contribution in [-0.4, -0.2) is 63.1 Å². The van der Waals surface area contributed by atoms with E-state index in [4.69, 9.17) is 4.74 Å². The molecule has 1 aromatic heterocycles. The molecule has 1 unspecified atom stereocenters. The second kappa shape index (κ2) is 7.45. The monoisotopic (exact) mass is 497 g/mol. The first-order valence-corrected chi connectivity index (χ1v) is 13.6. The molecule has 37 heavy (non-hydrogen) atoms. The third-order valence-electron chi connectivity index (χ3n) is 10.0. The van der Waals surface area contributed by atoms with Crippen LogP contribution in [0.15, 0.2) is 47.6 Å². The fourth-order valence-electron chi connectivity index (χ4n) is 8.18. The van der Waals surface area contributed by atoms with E-state index in [-0.39, 0.29) is 29.7 Å². The van der Waals surface area contributed by atoms with Crippen LogP contribution in [0.2, 0.25) is 0 Å². The highest BCUT2D eigenvalue weighted by molar-refractivity contribution is 6.09. The topological polar surface area (TPSA) is 98.2 Å². The van der Waals surface area contributed by atoms with E-state index < -0.39 is 11.0 Å². The van der Waals surface area contributed by atoms with Crippen LogP contribution in [0, 0.1) is 11.8 Å². The van der Waals surface area contributed by atoms with Crippen molar-refractivity contribution in [3.63, 3.8) is 0 Å². The number of benzene rings is 2. The zero-order valence-corrected chi connectivity index (χ0v) is 20.7. The molecule has 3 aromatic rings. The van der Waals surface area contributed by atoms with Gasteiger partial charge in [0.05, 0.1) is 16.6 Å². The number of ether oxygens (including phenoxy) is 1. The summed E-state index contributed by atoms with van der Waals surface area (Å²) in [4.78, 5) is 23.3. The highest BCUT2D eigenvalue weighted by atomic mass is 16.5. The zero-order chi connectivity index (χ0) is 24.9. The summed E-state index contributed by atoms with van der Waals surface area (Å²) in [6.07, 6.45) is 8.68. The lowest BCUT2D eigenvalue weighted by Crippen LogP contribution is -2.76. The van der Waals surface area contributed by atoms with Gasteiger partial charge in [-0.05, 0) is 80.8 Å². The molecule has 7 nitrogen and oxygen atoms in total. The molecule has 5 aliphatic rings. The Bertz CT molecular complexity index is 1470. The lowest BCUT2D eigenvalue weighted by molar-refractivity contribution is -0.191. The highest BCUT2D eigenvalue weighted by Gasteiger charge is 2.72. The number of aromatic hydroxyl groups is 1. The predicted octanol–water partition coefficient (Wildman–Crippen LogP) is 3.97. The van der Waals surface area contributed by atoms with Crippen molar-refractivity contribution in [2.24, 2.45) is 16.8 Å². The van der Waals surface area contributed by atoms with Crippen LogP contribution < -0.4 is 4.74 Å². The number of phenolic OH excluding ortho intramolecular Hbond substituents is 1. The van der Waals surface area contributed by atoms with Crippen LogP contribution in [0.3, 0.4) is 0 Å². The van der Waals surface area contributed by atoms with Gasteiger partial charge >= 0.3 is 0 Å². The van der Waals surface area contributed by atoms with Gasteiger partial charge in [-0.15, -0.1) is 0 Å². The third-order valence-corrected chi connectivity index (χ3v) is 10.0. The summed E-state index contributed by atoms with van der Waals surface area (Å²) in [6, 6.07) is 11.3. The van der Waals surface area contributed by atoms with Crippen LogP contribution in [-0.2, 0) is 11.8 Å². The van der Waals surface area contributed by atoms with Gasteiger partial charge in [0.15, 0.2) is 11.5 Å². The number of piperidine rings is 1. The number of hydrogen-bond donors (Lipinski definition) is 3. The van der Waals surface area contributed by atoms with Crippen molar-refractivity contribution in [3.8, 4) is 11.5 Å². The standard InChI is InChI=1S/C30H31N3O4/c34-23-7-6-18-14-24-30(36)10-8-19(15-32-28(35)21-2-1-3-22-20(21)9-12-31-22)27-29(30,25(18)26(23)37-27)11-13-33(24)16-17-4-5-17/h1-3,6-7,9,12,15,17,19,24,27,31,34,36H,4-5,8,10-11,13-14,16H2/b32-15+/t19?,24-,27+,29+,30-/m1/s1. The van der Waals surface area contributed by atoms with E-state index in [2.05, 4.69) is 14.9 Å². The Morgan fingerprint density at radius 2 is 2.08 bits per heavy atom. The summed E-state index contributed by atoms with van der Waals surface area (Å²) in [5.74, 6) is 1.00. The molecule has 1 spiro atoms. The molecule has 190 valence electrons. The van der Waals surface area contributed by atoms with Crippen LogP contribution >= 0.6 is 0 Å². The summed E-state index contributed by atoms with van der Waals surface area (Å²) in [7, 11) is 0. The molecule has 7 heteroatoms. The average Bonchev–Trinajstić information content (AvgIpc) is 3.44. The Kier molecular flexibility index (Phi) is 4.41. The lowest BCUT2D eigenvalue weighted by Gasteiger charge is -2.64. The molecular weight excluding hydrogens is 466 g/mol. The van der Waals surface area contributed by atoms with E-state index in [1.807, 2.05) is 36.5 Å². The third kappa shape index (κ3) is 2.84. The molecule has 8 rings (SSSR count). The minimum atomic E-state index is -0.929. The van der Waals surface area contributed by atoms with E-state index in [0.717, 1.165) is 48.3 Å². The number of rotatable bonds is 4. The normalized spacial score (nSPS) is 34.0. The van der Waals surface area contributed by atoms with Gasteiger partial charge in [-0.25, -0.2) is 4.99 Å². The van der Waals surface area contributed by atoms with Crippen LogP contribution in [0.1, 0.15) is 53.6 Å². The second-order valence-electron chi connectivity index (χ2n) is 11.8. The molecule has 3 heterocycles. The van der Waals surface area contributed by atoms with Crippen LogP contribution in [0.4, 0.5) is 0 Å². The number of aliphatic hydroxyl groups is 1. The molecular formula is C30H31N3O4. The summed E-state index contributed by atoms with van der Waals surface area (Å²) in [6.45, 7) is 1.97. The number of amides is 1. The second-order valence-corrected chi connectivity index (χ2v) is 11.8. The zero-order valence-electron chi connectivity index (χ0n) is 20.7. The SMILES string of the molecule is O=C(/N=C/C1CC[C@@]2(O)[C@H]3Cc4ccc(O)c5c4[C@@]2(CCN3CC2CC2)[C@H]1O5)c1cccc2[nH]ccc12. The van der Waals surface area contributed by atoms with Crippen molar-refractivity contribution in [1.82, 2.24) is 9.88 Å². The summed E-state index contributed by atoms with van der Waals surface area (Å²) in [5, 5.41) is 24.2. The maximum Gasteiger partial charge on any atom is 0.277 e. The Labute approximate surface area is 215 Å². The van der Waals surface area contributed by atoms with E-state index >= 15 is 0 Å².